The van der Waals surface area contributed by atoms with Crippen molar-refractivity contribution >= 4 is 18.4 Å². The maximum Gasteiger partial charge on any atom is 0.189 e. The molecule has 0 spiro atoms. The van der Waals surface area contributed by atoms with E-state index in [1.807, 2.05) is 0 Å². The number of hydrogen-bond acceptors (Lipinski definition) is 3. The predicted molar refractivity (Wildman–Crippen MR) is 60.6 cm³/mol. The molecule has 16 heavy (non-hydrogen) atoms. The SMILES string of the molecule is Cl.NC1=NCCC(c2cc(F)ccc2F)N1. The Bertz CT molecular complexity index is 409. The van der Waals surface area contributed by atoms with Crippen molar-refractivity contribution in [1.29, 1.82) is 0 Å². The molecule has 0 fully saturated rings. The van der Waals surface area contributed by atoms with Gasteiger partial charge in [-0.2, -0.15) is 0 Å². The third-order valence-corrected chi connectivity index (χ3v) is 2.36. The highest BCUT2D eigenvalue weighted by Crippen LogP contribution is 2.22. The number of rotatable bonds is 1. The van der Waals surface area contributed by atoms with Crippen LogP contribution in [0, 0.1) is 11.6 Å². The van der Waals surface area contributed by atoms with E-state index in [1.54, 1.807) is 0 Å². The van der Waals surface area contributed by atoms with Crippen LogP contribution in [0.4, 0.5) is 8.78 Å². The molecule has 0 bridgehead atoms. The van der Waals surface area contributed by atoms with Gasteiger partial charge in [0.1, 0.15) is 11.6 Å². The second-order valence-electron chi connectivity index (χ2n) is 3.42. The summed E-state index contributed by atoms with van der Waals surface area (Å²) in [6, 6.07) is 3.11. The van der Waals surface area contributed by atoms with E-state index in [0.29, 0.717) is 18.5 Å². The maximum absolute atomic E-state index is 13.4. The minimum atomic E-state index is -0.450. The molecular formula is C10H12ClF2N3. The van der Waals surface area contributed by atoms with Crippen LogP contribution in [0.15, 0.2) is 23.2 Å². The Morgan fingerprint density at radius 1 is 1.38 bits per heavy atom. The number of guanidine groups is 1. The van der Waals surface area contributed by atoms with Crippen molar-refractivity contribution in [3.05, 3.63) is 35.4 Å². The monoisotopic (exact) mass is 247 g/mol. The summed E-state index contributed by atoms with van der Waals surface area (Å²) in [6.45, 7) is 0.527. The molecule has 1 unspecified atom stereocenters. The minimum absolute atomic E-state index is 0. The van der Waals surface area contributed by atoms with Gasteiger partial charge in [-0.3, -0.25) is 4.99 Å². The fourth-order valence-corrected chi connectivity index (χ4v) is 1.63. The molecule has 0 saturated carbocycles. The van der Waals surface area contributed by atoms with Gasteiger partial charge in [0, 0.05) is 12.1 Å². The van der Waals surface area contributed by atoms with Crippen LogP contribution in [-0.4, -0.2) is 12.5 Å². The summed E-state index contributed by atoms with van der Waals surface area (Å²) >= 11 is 0. The fourth-order valence-electron chi connectivity index (χ4n) is 1.63. The van der Waals surface area contributed by atoms with Gasteiger partial charge in [-0.05, 0) is 24.6 Å². The van der Waals surface area contributed by atoms with Crippen molar-refractivity contribution in [2.75, 3.05) is 6.54 Å². The van der Waals surface area contributed by atoms with Crippen LogP contribution in [0.5, 0.6) is 0 Å². The van der Waals surface area contributed by atoms with Crippen molar-refractivity contribution in [3.8, 4) is 0 Å². The highest BCUT2D eigenvalue weighted by atomic mass is 35.5. The molecule has 6 heteroatoms. The smallest absolute Gasteiger partial charge is 0.189 e. The lowest BCUT2D eigenvalue weighted by atomic mass is 10.0. The Kier molecular flexibility index (Phi) is 4.06. The number of halogens is 3. The van der Waals surface area contributed by atoms with Crippen LogP contribution in [0.2, 0.25) is 0 Å². The fraction of sp³-hybridized carbons (Fsp3) is 0.300. The zero-order valence-corrected chi connectivity index (χ0v) is 9.23. The van der Waals surface area contributed by atoms with E-state index in [0.717, 1.165) is 12.1 Å². The number of benzene rings is 1. The van der Waals surface area contributed by atoms with Crippen molar-refractivity contribution in [3.63, 3.8) is 0 Å². The van der Waals surface area contributed by atoms with Gasteiger partial charge < -0.3 is 11.1 Å². The van der Waals surface area contributed by atoms with E-state index in [9.17, 15) is 8.78 Å². The van der Waals surface area contributed by atoms with E-state index in [4.69, 9.17) is 5.73 Å². The molecule has 88 valence electrons. The summed E-state index contributed by atoms with van der Waals surface area (Å²) in [5.41, 5.74) is 5.77. The van der Waals surface area contributed by atoms with E-state index < -0.39 is 11.6 Å². The van der Waals surface area contributed by atoms with Crippen LogP contribution >= 0.6 is 12.4 Å². The normalized spacial score (nSPS) is 19.4. The Balaban J connectivity index is 0.00000128. The second kappa shape index (κ2) is 5.12. The summed E-state index contributed by atoms with van der Waals surface area (Å²) < 4.78 is 26.3. The molecule has 3 nitrogen and oxygen atoms in total. The van der Waals surface area contributed by atoms with E-state index in [-0.39, 0.29) is 24.4 Å². The molecule has 0 radical (unpaired) electrons. The molecule has 1 heterocycles. The largest absolute Gasteiger partial charge is 0.370 e. The third kappa shape index (κ3) is 2.61. The van der Waals surface area contributed by atoms with Gasteiger partial charge in [0.25, 0.3) is 0 Å². The first-order valence-corrected chi connectivity index (χ1v) is 4.68. The third-order valence-electron chi connectivity index (χ3n) is 2.36. The molecule has 1 aliphatic rings. The van der Waals surface area contributed by atoms with Crippen molar-refractivity contribution in [2.24, 2.45) is 10.7 Å². The summed E-state index contributed by atoms with van der Waals surface area (Å²) in [5, 5.41) is 2.82. The zero-order valence-electron chi connectivity index (χ0n) is 8.41. The van der Waals surface area contributed by atoms with E-state index >= 15 is 0 Å². The Morgan fingerprint density at radius 2 is 2.12 bits per heavy atom. The number of nitrogens with zero attached hydrogens (tertiary/aromatic N) is 1. The number of aliphatic imine (C=N–C) groups is 1. The lowest BCUT2D eigenvalue weighted by Crippen LogP contribution is -2.39. The number of nitrogens with one attached hydrogen (secondary N) is 1. The van der Waals surface area contributed by atoms with Gasteiger partial charge in [0.2, 0.25) is 0 Å². The number of hydrogen-bond donors (Lipinski definition) is 2. The average molecular weight is 248 g/mol. The quantitative estimate of drug-likeness (QED) is 0.794. The van der Waals surface area contributed by atoms with Crippen molar-refractivity contribution in [1.82, 2.24) is 5.32 Å². The minimum Gasteiger partial charge on any atom is -0.370 e. The molecule has 0 amide bonds. The Labute approximate surface area is 98.2 Å². The first-order valence-electron chi connectivity index (χ1n) is 4.68. The highest BCUT2D eigenvalue weighted by Gasteiger charge is 2.19. The Morgan fingerprint density at radius 3 is 2.81 bits per heavy atom. The van der Waals surface area contributed by atoms with Crippen molar-refractivity contribution in [2.45, 2.75) is 12.5 Å². The predicted octanol–water partition coefficient (Wildman–Crippen LogP) is 1.74. The zero-order chi connectivity index (χ0) is 10.8. The van der Waals surface area contributed by atoms with Crippen LogP contribution in [0.25, 0.3) is 0 Å². The van der Waals surface area contributed by atoms with Gasteiger partial charge in [-0.15, -0.1) is 12.4 Å². The van der Waals surface area contributed by atoms with E-state index in [2.05, 4.69) is 10.3 Å². The van der Waals surface area contributed by atoms with E-state index in [1.165, 1.54) is 6.07 Å². The summed E-state index contributed by atoms with van der Waals surface area (Å²) in [7, 11) is 0. The lowest BCUT2D eigenvalue weighted by Gasteiger charge is -2.23. The van der Waals surface area contributed by atoms with Crippen LogP contribution in [0.1, 0.15) is 18.0 Å². The summed E-state index contributed by atoms with van der Waals surface area (Å²) in [5.74, 6) is -0.604. The van der Waals surface area contributed by atoms with Gasteiger partial charge in [-0.1, -0.05) is 0 Å². The number of nitrogens with two attached hydrogens (primary N) is 1. The second-order valence-corrected chi connectivity index (χ2v) is 3.42. The molecule has 1 aromatic rings. The molecule has 1 atom stereocenters. The molecule has 3 N–H and O–H groups in total. The first-order chi connectivity index (χ1) is 7.16. The van der Waals surface area contributed by atoms with Crippen LogP contribution < -0.4 is 11.1 Å². The highest BCUT2D eigenvalue weighted by molar-refractivity contribution is 5.85. The lowest BCUT2D eigenvalue weighted by molar-refractivity contribution is 0.513. The Hall–Kier alpha value is -1.36. The van der Waals surface area contributed by atoms with Crippen LogP contribution in [-0.2, 0) is 0 Å². The molecule has 0 saturated heterocycles. The van der Waals surface area contributed by atoms with Crippen LogP contribution in [0.3, 0.4) is 0 Å². The van der Waals surface area contributed by atoms with Gasteiger partial charge in [-0.25, -0.2) is 8.78 Å². The molecule has 0 aliphatic carbocycles. The summed E-state index contributed by atoms with van der Waals surface area (Å²) in [4.78, 5) is 3.92. The molecular weight excluding hydrogens is 236 g/mol. The first kappa shape index (κ1) is 12.7. The standard InChI is InChI=1S/C10H11F2N3.ClH/c11-6-1-2-8(12)7(5-6)9-3-4-14-10(13)15-9;/h1-2,5,9H,3-4H2,(H3,13,14,15);1H. The summed E-state index contributed by atoms with van der Waals surface area (Å²) in [6.07, 6.45) is 0.612. The molecule has 0 aromatic heterocycles. The van der Waals surface area contributed by atoms with Gasteiger partial charge in [0.05, 0.1) is 6.04 Å². The maximum atomic E-state index is 13.4. The topological polar surface area (TPSA) is 50.4 Å². The molecule has 1 aromatic carbocycles. The van der Waals surface area contributed by atoms with Gasteiger partial charge >= 0.3 is 0 Å². The molecule has 2 rings (SSSR count). The van der Waals surface area contributed by atoms with Gasteiger partial charge in [0.15, 0.2) is 5.96 Å². The van der Waals surface area contributed by atoms with Crippen molar-refractivity contribution < 1.29 is 8.78 Å². The average Bonchev–Trinajstić information content (AvgIpc) is 2.22. The molecule has 1 aliphatic heterocycles.